The minimum absolute atomic E-state index is 0.0227. The molecular formula is C15H18N2O3. The van der Waals surface area contributed by atoms with Crippen molar-refractivity contribution in [2.45, 2.75) is 12.8 Å². The number of ether oxygens (including phenoxy) is 1. The van der Waals surface area contributed by atoms with Crippen LogP contribution in [0.3, 0.4) is 0 Å². The van der Waals surface area contributed by atoms with Crippen molar-refractivity contribution in [1.29, 1.82) is 0 Å². The third-order valence-electron chi connectivity index (χ3n) is 4.35. The maximum Gasteiger partial charge on any atom is 0.311 e. The molecule has 20 heavy (non-hydrogen) atoms. The average Bonchev–Trinajstić information content (AvgIpc) is 2.90. The molecule has 1 aromatic rings. The van der Waals surface area contributed by atoms with Crippen LogP contribution < -0.4 is 9.64 Å². The van der Waals surface area contributed by atoms with E-state index in [1.165, 1.54) is 13.2 Å². The summed E-state index contributed by atoms with van der Waals surface area (Å²) in [6, 6.07) is 5.14. The molecule has 0 N–H and O–H groups in total. The summed E-state index contributed by atoms with van der Waals surface area (Å²) in [6.45, 7) is 2.05. The third-order valence-corrected chi connectivity index (χ3v) is 4.35. The van der Waals surface area contributed by atoms with E-state index in [-0.39, 0.29) is 5.69 Å². The molecule has 1 fully saturated rings. The normalized spacial score (nSPS) is 24.6. The van der Waals surface area contributed by atoms with Gasteiger partial charge in [-0.1, -0.05) is 12.2 Å². The Labute approximate surface area is 118 Å². The number of fused-ring (bicyclic) bond motifs is 1. The van der Waals surface area contributed by atoms with Gasteiger partial charge in [-0.15, -0.1) is 0 Å². The number of hydrogen-bond acceptors (Lipinski definition) is 4. The molecule has 2 aliphatic rings. The monoisotopic (exact) mass is 274 g/mol. The molecule has 1 aliphatic heterocycles. The maximum atomic E-state index is 10.9. The quantitative estimate of drug-likeness (QED) is 0.483. The fraction of sp³-hybridized carbons (Fsp3) is 0.467. The lowest BCUT2D eigenvalue weighted by atomic mass is 9.86. The van der Waals surface area contributed by atoms with Crippen molar-refractivity contribution in [3.05, 3.63) is 40.5 Å². The number of benzene rings is 1. The van der Waals surface area contributed by atoms with Gasteiger partial charge in [0.1, 0.15) is 0 Å². The fourth-order valence-electron chi connectivity index (χ4n) is 3.24. The standard InChI is InChI=1S/C15H18N2O3/c1-20-15-8-13(6-7-14(15)17(18)19)16-9-11-4-2-3-5-12(11)10-16/h2-3,6-8,11-12H,4-5,9-10H2,1H3. The van der Waals surface area contributed by atoms with Gasteiger partial charge in [-0.2, -0.15) is 0 Å². The third kappa shape index (κ3) is 2.24. The maximum absolute atomic E-state index is 10.9. The molecule has 0 saturated carbocycles. The second-order valence-corrected chi connectivity index (χ2v) is 5.48. The Morgan fingerprint density at radius 2 is 1.90 bits per heavy atom. The van der Waals surface area contributed by atoms with E-state index in [0.29, 0.717) is 17.6 Å². The molecule has 5 nitrogen and oxygen atoms in total. The highest BCUT2D eigenvalue weighted by Crippen LogP contribution is 2.38. The van der Waals surface area contributed by atoms with Crippen LogP contribution in [0, 0.1) is 22.0 Å². The summed E-state index contributed by atoms with van der Waals surface area (Å²) in [5.74, 6) is 1.75. The zero-order chi connectivity index (χ0) is 14.1. The number of nitrogens with zero attached hydrogens (tertiary/aromatic N) is 2. The smallest absolute Gasteiger partial charge is 0.311 e. The molecule has 106 valence electrons. The van der Waals surface area contributed by atoms with E-state index in [1.54, 1.807) is 6.07 Å². The second kappa shape index (κ2) is 5.15. The summed E-state index contributed by atoms with van der Waals surface area (Å²) in [6.07, 6.45) is 6.82. The highest BCUT2D eigenvalue weighted by Gasteiger charge is 2.33. The molecule has 2 atom stereocenters. The van der Waals surface area contributed by atoms with E-state index in [9.17, 15) is 10.1 Å². The lowest BCUT2D eigenvalue weighted by Gasteiger charge is -2.19. The minimum atomic E-state index is -0.406. The predicted molar refractivity (Wildman–Crippen MR) is 77.2 cm³/mol. The molecule has 2 unspecified atom stereocenters. The Morgan fingerprint density at radius 3 is 2.45 bits per heavy atom. The van der Waals surface area contributed by atoms with Crippen LogP contribution in [0.2, 0.25) is 0 Å². The highest BCUT2D eigenvalue weighted by atomic mass is 16.6. The van der Waals surface area contributed by atoms with Crippen LogP contribution in [0.1, 0.15) is 12.8 Å². The number of methoxy groups -OCH3 is 1. The first-order chi connectivity index (χ1) is 9.69. The Balaban J connectivity index is 1.83. The van der Waals surface area contributed by atoms with Crippen LogP contribution in [0.25, 0.3) is 0 Å². The van der Waals surface area contributed by atoms with E-state index < -0.39 is 4.92 Å². The first kappa shape index (κ1) is 13.0. The Kier molecular flexibility index (Phi) is 3.34. The Hall–Kier alpha value is -2.04. The molecule has 0 bridgehead atoms. The van der Waals surface area contributed by atoms with Crippen LogP contribution in [0.15, 0.2) is 30.4 Å². The van der Waals surface area contributed by atoms with Gasteiger partial charge in [0.05, 0.1) is 12.0 Å². The van der Waals surface area contributed by atoms with Gasteiger partial charge in [0, 0.05) is 30.9 Å². The van der Waals surface area contributed by atoms with Gasteiger partial charge in [0.25, 0.3) is 0 Å². The number of hydrogen-bond donors (Lipinski definition) is 0. The molecule has 1 aromatic carbocycles. The van der Waals surface area contributed by atoms with Crippen LogP contribution >= 0.6 is 0 Å². The topological polar surface area (TPSA) is 55.6 Å². The molecule has 5 heteroatoms. The Morgan fingerprint density at radius 1 is 1.25 bits per heavy atom. The summed E-state index contributed by atoms with van der Waals surface area (Å²) >= 11 is 0. The van der Waals surface area contributed by atoms with Crippen molar-refractivity contribution in [3.63, 3.8) is 0 Å². The van der Waals surface area contributed by atoms with Crippen LogP contribution in [0.5, 0.6) is 5.75 Å². The van der Waals surface area contributed by atoms with E-state index in [0.717, 1.165) is 31.6 Å². The van der Waals surface area contributed by atoms with E-state index >= 15 is 0 Å². The molecule has 0 radical (unpaired) electrons. The average molecular weight is 274 g/mol. The molecule has 0 spiro atoms. The lowest BCUT2D eigenvalue weighted by molar-refractivity contribution is -0.385. The zero-order valence-corrected chi connectivity index (χ0v) is 11.5. The number of allylic oxidation sites excluding steroid dienone is 2. The highest BCUT2D eigenvalue weighted by molar-refractivity contribution is 5.59. The van der Waals surface area contributed by atoms with Gasteiger partial charge < -0.3 is 9.64 Å². The summed E-state index contributed by atoms with van der Waals surface area (Å²) in [5, 5.41) is 10.9. The van der Waals surface area contributed by atoms with Crippen molar-refractivity contribution in [2.24, 2.45) is 11.8 Å². The largest absolute Gasteiger partial charge is 0.490 e. The summed E-state index contributed by atoms with van der Waals surface area (Å²) in [4.78, 5) is 12.8. The predicted octanol–water partition coefficient (Wildman–Crippen LogP) is 3.01. The van der Waals surface area contributed by atoms with Crippen LogP contribution in [-0.2, 0) is 0 Å². The summed E-state index contributed by atoms with van der Waals surface area (Å²) in [7, 11) is 1.47. The minimum Gasteiger partial charge on any atom is -0.490 e. The fourth-order valence-corrected chi connectivity index (χ4v) is 3.24. The number of anilines is 1. The summed E-state index contributed by atoms with van der Waals surface area (Å²) in [5.41, 5.74) is 1.04. The van der Waals surface area contributed by atoms with Crippen molar-refractivity contribution in [2.75, 3.05) is 25.1 Å². The second-order valence-electron chi connectivity index (χ2n) is 5.48. The Bertz CT molecular complexity index is 540. The zero-order valence-electron chi connectivity index (χ0n) is 11.5. The van der Waals surface area contributed by atoms with Gasteiger partial charge in [-0.05, 0) is 30.7 Å². The lowest BCUT2D eigenvalue weighted by Crippen LogP contribution is -2.19. The van der Waals surface area contributed by atoms with Gasteiger partial charge in [0.15, 0.2) is 5.75 Å². The molecule has 0 aromatic heterocycles. The summed E-state index contributed by atoms with van der Waals surface area (Å²) < 4.78 is 5.14. The van der Waals surface area contributed by atoms with Crippen molar-refractivity contribution < 1.29 is 9.66 Å². The van der Waals surface area contributed by atoms with Crippen molar-refractivity contribution in [1.82, 2.24) is 0 Å². The van der Waals surface area contributed by atoms with Crippen molar-refractivity contribution >= 4 is 11.4 Å². The van der Waals surface area contributed by atoms with E-state index in [1.807, 2.05) is 6.07 Å². The molecular weight excluding hydrogens is 256 g/mol. The van der Waals surface area contributed by atoms with Crippen LogP contribution in [0.4, 0.5) is 11.4 Å². The van der Waals surface area contributed by atoms with E-state index in [4.69, 9.17) is 4.74 Å². The number of rotatable bonds is 3. The first-order valence-electron chi connectivity index (χ1n) is 6.91. The molecule has 1 heterocycles. The molecule has 1 saturated heterocycles. The van der Waals surface area contributed by atoms with Gasteiger partial charge >= 0.3 is 5.69 Å². The SMILES string of the molecule is COc1cc(N2CC3CC=CCC3C2)ccc1[N+](=O)[O-]. The number of nitro benzene ring substituents is 1. The first-order valence-corrected chi connectivity index (χ1v) is 6.91. The van der Waals surface area contributed by atoms with Gasteiger partial charge in [0.2, 0.25) is 0 Å². The number of nitro groups is 1. The molecule has 3 rings (SSSR count). The molecule has 0 amide bonds. The van der Waals surface area contributed by atoms with Crippen molar-refractivity contribution in [3.8, 4) is 5.75 Å². The van der Waals surface area contributed by atoms with Gasteiger partial charge in [-0.3, -0.25) is 10.1 Å². The van der Waals surface area contributed by atoms with Crippen LogP contribution in [-0.4, -0.2) is 25.1 Å². The molecule has 1 aliphatic carbocycles. The van der Waals surface area contributed by atoms with Gasteiger partial charge in [-0.25, -0.2) is 0 Å². The van der Waals surface area contributed by atoms with E-state index in [2.05, 4.69) is 17.1 Å².